The van der Waals surface area contributed by atoms with Gasteiger partial charge in [0.2, 0.25) is 0 Å². The van der Waals surface area contributed by atoms with Crippen molar-refractivity contribution in [3.8, 4) is 0 Å². The van der Waals surface area contributed by atoms with Gasteiger partial charge in [-0.05, 0) is 24.1 Å². The standard InChI is InChI=1S/C11H11F3O3/c12-11(13,14)8-4-7(2-1-3-15)5-9-10(8)17-6-16-9/h3-5,9-10H,1-2,6H2. The first-order valence-electron chi connectivity index (χ1n) is 5.18. The number of halogens is 3. The molecule has 2 aliphatic rings. The molecule has 0 aromatic carbocycles. The summed E-state index contributed by atoms with van der Waals surface area (Å²) in [6.07, 6.45) is -2.39. The molecule has 0 aromatic rings. The second kappa shape index (κ2) is 4.62. The number of allylic oxidation sites excluding steroid dienone is 2. The highest BCUT2D eigenvalue weighted by Gasteiger charge is 2.46. The van der Waals surface area contributed by atoms with E-state index in [4.69, 9.17) is 9.47 Å². The van der Waals surface area contributed by atoms with Crippen LogP contribution in [0.1, 0.15) is 12.8 Å². The second-order valence-corrected chi connectivity index (χ2v) is 3.88. The number of carbonyl (C=O) groups excluding carboxylic acids is 1. The maximum absolute atomic E-state index is 12.8. The van der Waals surface area contributed by atoms with Crippen LogP contribution in [0.2, 0.25) is 0 Å². The van der Waals surface area contributed by atoms with Crippen LogP contribution in [0.5, 0.6) is 0 Å². The van der Waals surface area contributed by atoms with E-state index in [0.717, 1.165) is 6.08 Å². The average molecular weight is 248 g/mol. The summed E-state index contributed by atoms with van der Waals surface area (Å²) in [5.74, 6) is 0. The summed E-state index contributed by atoms with van der Waals surface area (Å²) in [5.41, 5.74) is -0.264. The molecule has 2 atom stereocenters. The van der Waals surface area contributed by atoms with Gasteiger partial charge in [-0.2, -0.15) is 13.2 Å². The molecule has 1 heterocycles. The SMILES string of the molecule is O=CCCC1=CC2OCOC2C(C(F)(F)F)=C1. The van der Waals surface area contributed by atoms with Crippen molar-refractivity contribution < 1.29 is 27.4 Å². The van der Waals surface area contributed by atoms with Crippen molar-refractivity contribution in [2.24, 2.45) is 0 Å². The van der Waals surface area contributed by atoms with E-state index in [1.165, 1.54) is 0 Å². The number of alkyl halides is 3. The molecule has 0 saturated carbocycles. The van der Waals surface area contributed by atoms with Crippen LogP contribution in [-0.2, 0) is 14.3 Å². The molecule has 6 heteroatoms. The minimum absolute atomic E-state index is 0.139. The van der Waals surface area contributed by atoms with E-state index in [2.05, 4.69) is 0 Å². The molecular formula is C11H11F3O3. The maximum atomic E-state index is 12.8. The fourth-order valence-electron chi connectivity index (χ4n) is 1.94. The molecule has 0 spiro atoms. The lowest BCUT2D eigenvalue weighted by Gasteiger charge is -2.24. The van der Waals surface area contributed by atoms with E-state index in [9.17, 15) is 18.0 Å². The minimum atomic E-state index is -4.43. The number of hydrogen-bond acceptors (Lipinski definition) is 3. The van der Waals surface area contributed by atoms with Crippen LogP contribution in [-0.4, -0.2) is 31.5 Å². The first-order chi connectivity index (χ1) is 8.02. The number of rotatable bonds is 3. The quantitative estimate of drug-likeness (QED) is 0.718. The third-order valence-corrected chi connectivity index (χ3v) is 2.71. The fraction of sp³-hybridized carbons (Fsp3) is 0.545. The van der Waals surface area contributed by atoms with E-state index in [0.29, 0.717) is 11.9 Å². The van der Waals surface area contributed by atoms with Crippen LogP contribution >= 0.6 is 0 Å². The smallest absolute Gasteiger partial charge is 0.345 e. The van der Waals surface area contributed by atoms with Gasteiger partial charge in [0.05, 0.1) is 5.57 Å². The van der Waals surface area contributed by atoms with Crippen molar-refractivity contribution in [2.45, 2.75) is 31.2 Å². The largest absolute Gasteiger partial charge is 0.415 e. The summed E-state index contributed by atoms with van der Waals surface area (Å²) in [5, 5.41) is 0. The first-order valence-corrected chi connectivity index (χ1v) is 5.18. The van der Waals surface area contributed by atoms with Crippen molar-refractivity contribution in [3.05, 3.63) is 23.3 Å². The summed E-state index contributed by atoms with van der Waals surface area (Å²) in [4.78, 5) is 10.2. The van der Waals surface area contributed by atoms with Gasteiger partial charge in [0.25, 0.3) is 0 Å². The Morgan fingerprint density at radius 2 is 2.18 bits per heavy atom. The monoisotopic (exact) mass is 248 g/mol. The number of carbonyl (C=O) groups is 1. The number of aldehydes is 1. The molecule has 3 nitrogen and oxygen atoms in total. The molecule has 1 aliphatic heterocycles. The fourth-order valence-corrected chi connectivity index (χ4v) is 1.94. The lowest BCUT2D eigenvalue weighted by Crippen LogP contribution is -2.33. The van der Waals surface area contributed by atoms with Crippen molar-refractivity contribution in [1.29, 1.82) is 0 Å². The Kier molecular flexibility index (Phi) is 3.35. The van der Waals surface area contributed by atoms with Crippen molar-refractivity contribution >= 4 is 6.29 Å². The third-order valence-electron chi connectivity index (χ3n) is 2.71. The summed E-state index contributed by atoms with van der Waals surface area (Å²) < 4.78 is 48.3. The van der Waals surface area contributed by atoms with E-state index in [-0.39, 0.29) is 19.6 Å². The van der Waals surface area contributed by atoms with Gasteiger partial charge in [-0.3, -0.25) is 0 Å². The molecule has 1 saturated heterocycles. The van der Waals surface area contributed by atoms with Crippen molar-refractivity contribution in [3.63, 3.8) is 0 Å². The van der Waals surface area contributed by atoms with Crippen molar-refractivity contribution in [2.75, 3.05) is 6.79 Å². The van der Waals surface area contributed by atoms with Crippen LogP contribution in [0.15, 0.2) is 23.3 Å². The Morgan fingerprint density at radius 3 is 2.82 bits per heavy atom. The molecule has 1 fully saturated rings. The predicted molar refractivity (Wildman–Crippen MR) is 52.1 cm³/mol. The Labute approximate surface area is 95.9 Å². The molecule has 1 aliphatic carbocycles. The molecule has 0 aromatic heterocycles. The topological polar surface area (TPSA) is 35.5 Å². The zero-order valence-corrected chi connectivity index (χ0v) is 8.87. The van der Waals surface area contributed by atoms with Gasteiger partial charge >= 0.3 is 6.18 Å². The van der Waals surface area contributed by atoms with Crippen molar-refractivity contribution in [1.82, 2.24) is 0 Å². The van der Waals surface area contributed by atoms with Gasteiger partial charge < -0.3 is 14.3 Å². The van der Waals surface area contributed by atoms with E-state index < -0.39 is 24.0 Å². The van der Waals surface area contributed by atoms with E-state index in [1.54, 1.807) is 6.08 Å². The van der Waals surface area contributed by atoms with Gasteiger partial charge in [0, 0.05) is 6.42 Å². The lowest BCUT2D eigenvalue weighted by molar-refractivity contribution is -0.108. The van der Waals surface area contributed by atoms with Crippen LogP contribution < -0.4 is 0 Å². The molecule has 0 bridgehead atoms. The van der Waals surface area contributed by atoms with Crippen LogP contribution in [0.4, 0.5) is 13.2 Å². The summed E-state index contributed by atoms with van der Waals surface area (Å²) in [6.45, 7) is -0.139. The zero-order valence-electron chi connectivity index (χ0n) is 8.87. The lowest BCUT2D eigenvalue weighted by atomic mass is 9.92. The summed E-state index contributed by atoms with van der Waals surface area (Å²) in [7, 11) is 0. The molecule has 94 valence electrons. The van der Waals surface area contributed by atoms with Gasteiger partial charge in [0.15, 0.2) is 0 Å². The predicted octanol–water partition coefficient (Wildman–Crippen LogP) is 2.14. The molecule has 17 heavy (non-hydrogen) atoms. The Hall–Kier alpha value is -1.14. The van der Waals surface area contributed by atoms with Crippen LogP contribution in [0, 0.1) is 0 Å². The number of fused-ring (bicyclic) bond motifs is 1. The van der Waals surface area contributed by atoms with Gasteiger partial charge in [-0.25, -0.2) is 0 Å². The number of hydrogen-bond donors (Lipinski definition) is 0. The first kappa shape index (κ1) is 12.3. The minimum Gasteiger partial charge on any atom is -0.345 e. The molecule has 2 rings (SSSR count). The molecule has 2 unspecified atom stereocenters. The highest BCUT2D eigenvalue weighted by Crippen LogP contribution is 2.38. The highest BCUT2D eigenvalue weighted by atomic mass is 19.4. The molecule has 0 amide bonds. The zero-order chi connectivity index (χ0) is 12.5. The van der Waals surface area contributed by atoms with E-state index >= 15 is 0 Å². The van der Waals surface area contributed by atoms with Gasteiger partial charge in [-0.1, -0.05) is 0 Å². The number of ether oxygens (including phenoxy) is 2. The highest BCUT2D eigenvalue weighted by molar-refractivity contribution is 5.51. The average Bonchev–Trinajstić information content (AvgIpc) is 2.71. The third kappa shape index (κ3) is 2.58. The van der Waals surface area contributed by atoms with E-state index in [1.807, 2.05) is 0 Å². The van der Waals surface area contributed by atoms with Gasteiger partial charge in [-0.15, -0.1) is 0 Å². The van der Waals surface area contributed by atoms with Crippen LogP contribution in [0.25, 0.3) is 0 Å². The van der Waals surface area contributed by atoms with Gasteiger partial charge in [0.1, 0.15) is 25.3 Å². The Balaban J connectivity index is 2.24. The Morgan fingerprint density at radius 1 is 1.41 bits per heavy atom. The normalized spacial score (nSPS) is 28.4. The summed E-state index contributed by atoms with van der Waals surface area (Å²) >= 11 is 0. The summed E-state index contributed by atoms with van der Waals surface area (Å²) in [6, 6.07) is 0. The maximum Gasteiger partial charge on any atom is 0.415 e. The Bertz CT molecular complexity index is 371. The molecular weight excluding hydrogens is 237 g/mol. The molecule has 0 radical (unpaired) electrons. The molecule has 0 N–H and O–H groups in total. The second-order valence-electron chi connectivity index (χ2n) is 3.88. The van der Waals surface area contributed by atoms with Crippen LogP contribution in [0.3, 0.4) is 0 Å².